The molecule has 0 heterocycles. The van der Waals surface area contributed by atoms with E-state index in [0.717, 1.165) is 22.6 Å². The van der Waals surface area contributed by atoms with Gasteiger partial charge in [0, 0.05) is 13.1 Å². The minimum absolute atomic E-state index is 0.0319. The van der Waals surface area contributed by atoms with Crippen LogP contribution in [-0.2, 0) is 17.9 Å². The van der Waals surface area contributed by atoms with Crippen LogP contribution in [0.4, 0.5) is 0 Å². The summed E-state index contributed by atoms with van der Waals surface area (Å²) < 4.78 is 10.7. The first-order chi connectivity index (χ1) is 12.1. The highest BCUT2D eigenvalue weighted by Gasteiger charge is 2.02. The van der Waals surface area contributed by atoms with Crippen molar-refractivity contribution in [1.29, 1.82) is 0 Å². The van der Waals surface area contributed by atoms with Crippen LogP contribution in [0.15, 0.2) is 48.5 Å². The zero-order valence-corrected chi connectivity index (χ0v) is 15.0. The molecule has 0 unspecified atom stereocenters. The average Bonchev–Trinajstić information content (AvgIpc) is 2.61. The summed E-state index contributed by atoms with van der Waals surface area (Å²) in [4.78, 5) is 11.9. The van der Waals surface area contributed by atoms with E-state index in [1.165, 1.54) is 0 Å². The van der Waals surface area contributed by atoms with Crippen LogP contribution in [0.2, 0.25) is 0 Å². The first-order valence-corrected chi connectivity index (χ1v) is 8.43. The van der Waals surface area contributed by atoms with Crippen molar-refractivity contribution >= 4 is 5.91 Å². The second-order valence-electron chi connectivity index (χ2n) is 6.04. The molecular formula is C20H26N2O3. The Labute approximate surface area is 149 Å². The van der Waals surface area contributed by atoms with Gasteiger partial charge in [0.25, 0.3) is 0 Å². The monoisotopic (exact) mass is 342 g/mol. The highest BCUT2D eigenvalue weighted by Crippen LogP contribution is 2.13. The maximum absolute atomic E-state index is 11.9. The second kappa shape index (κ2) is 9.69. The highest BCUT2D eigenvalue weighted by atomic mass is 16.5. The average molecular weight is 342 g/mol. The van der Waals surface area contributed by atoms with E-state index in [-0.39, 0.29) is 18.6 Å². The lowest BCUT2D eigenvalue weighted by molar-refractivity contribution is -0.120. The first-order valence-electron chi connectivity index (χ1n) is 8.43. The van der Waals surface area contributed by atoms with Gasteiger partial charge in [-0.3, -0.25) is 4.79 Å². The summed E-state index contributed by atoms with van der Waals surface area (Å²) in [6, 6.07) is 15.5. The number of carbonyl (C=O) groups is 1. The maximum atomic E-state index is 11.9. The molecule has 0 aromatic heterocycles. The predicted molar refractivity (Wildman–Crippen MR) is 98.8 cm³/mol. The number of hydrogen-bond donors (Lipinski definition) is 2. The van der Waals surface area contributed by atoms with Gasteiger partial charge >= 0.3 is 0 Å². The molecule has 1 amide bonds. The van der Waals surface area contributed by atoms with Crippen molar-refractivity contribution in [2.45, 2.75) is 33.0 Å². The van der Waals surface area contributed by atoms with E-state index in [9.17, 15) is 4.79 Å². The predicted octanol–water partition coefficient (Wildman–Crippen LogP) is 2.89. The van der Waals surface area contributed by atoms with Gasteiger partial charge < -0.3 is 20.1 Å². The van der Waals surface area contributed by atoms with Crippen molar-refractivity contribution in [2.75, 3.05) is 13.7 Å². The molecule has 2 aromatic rings. The Kier molecular flexibility index (Phi) is 7.29. The molecule has 5 nitrogen and oxygen atoms in total. The molecule has 0 fully saturated rings. The third-order valence-corrected chi connectivity index (χ3v) is 3.56. The molecule has 2 rings (SSSR count). The van der Waals surface area contributed by atoms with E-state index in [4.69, 9.17) is 9.47 Å². The van der Waals surface area contributed by atoms with Crippen LogP contribution >= 0.6 is 0 Å². The Morgan fingerprint density at radius 3 is 2.04 bits per heavy atom. The number of amides is 1. The molecular weight excluding hydrogens is 316 g/mol. The van der Waals surface area contributed by atoms with Gasteiger partial charge in [0.1, 0.15) is 11.5 Å². The molecule has 25 heavy (non-hydrogen) atoms. The van der Waals surface area contributed by atoms with Crippen LogP contribution in [-0.4, -0.2) is 25.7 Å². The van der Waals surface area contributed by atoms with Crippen molar-refractivity contribution in [2.24, 2.45) is 0 Å². The number of methoxy groups -OCH3 is 1. The summed E-state index contributed by atoms with van der Waals surface area (Å²) in [5, 5.41) is 6.03. The quantitative estimate of drug-likeness (QED) is 0.736. The minimum Gasteiger partial charge on any atom is -0.497 e. The minimum atomic E-state index is -0.0319. The van der Waals surface area contributed by atoms with E-state index in [1.54, 1.807) is 7.11 Å². The summed E-state index contributed by atoms with van der Waals surface area (Å²) >= 11 is 0. The van der Waals surface area contributed by atoms with E-state index in [0.29, 0.717) is 13.1 Å². The van der Waals surface area contributed by atoms with Gasteiger partial charge in [0.2, 0.25) is 5.91 Å². The molecule has 0 saturated carbocycles. The molecule has 2 aromatic carbocycles. The Hall–Kier alpha value is -2.53. The molecule has 134 valence electrons. The molecule has 0 radical (unpaired) electrons. The normalized spacial score (nSPS) is 10.6. The van der Waals surface area contributed by atoms with Gasteiger partial charge in [0.15, 0.2) is 0 Å². The topological polar surface area (TPSA) is 59.6 Å². The van der Waals surface area contributed by atoms with Crippen molar-refractivity contribution in [3.8, 4) is 11.5 Å². The van der Waals surface area contributed by atoms with Crippen LogP contribution in [0, 0.1) is 0 Å². The molecule has 0 bridgehead atoms. The number of rotatable bonds is 9. The molecule has 2 N–H and O–H groups in total. The van der Waals surface area contributed by atoms with Crippen LogP contribution in [0.1, 0.15) is 25.0 Å². The van der Waals surface area contributed by atoms with Crippen LogP contribution in [0.25, 0.3) is 0 Å². The lowest BCUT2D eigenvalue weighted by Crippen LogP contribution is -2.33. The fraction of sp³-hybridized carbons (Fsp3) is 0.350. The summed E-state index contributed by atoms with van der Waals surface area (Å²) in [5.74, 6) is 1.63. The maximum Gasteiger partial charge on any atom is 0.234 e. The van der Waals surface area contributed by atoms with E-state index in [2.05, 4.69) is 10.6 Å². The van der Waals surface area contributed by atoms with Crippen molar-refractivity contribution in [1.82, 2.24) is 10.6 Å². The summed E-state index contributed by atoms with van der Waals surface area (Å²) in [6.07, 6.45) is 0.165. The Balaban J connectivity index is 1.67. The SMILES string of the molecule is COc1ccc(CNC(=O)CNCc2ccc(OC(C)C)cc2)cc1. The Bertz CT molecular complexity index is 652. The zero-order valence-electron chi connectivity index (χ0n) is 15.0. The van der Waals surface area contributed by atoms with Gasteiger partial charge in [-0.1, -0.05) is 24.3 Å². The third kappa shape index (κ3) is 6.85. The van der Waals surface area contributed by atoms with Gasteiger partial charge in [0.05, 0.1) is 19.8 Å². The smallest absolute Gasteiger partial charge is 0.234 e. The molecule has 0 spiro atoms. The molecule has 0 aliphatic heterocycles. The Morgan fingerprint density at radius 2 is 1.48 bits per heavy atom. The highest BCUT2D eigenvalue weighted by molar-refractivity contribution is 5.77. The zero-order chi connectivity index (χ0) is 18.1. The third-order valence-electron chi connectivity index (χ3n) is 3.56. The number of benzene rings is 2. The first kappa shape index (κ1) is 18.8. The van der Waals surface area contributed by atoms with Crippen LogP contribution in [0.5, 0.6) is 11.5 Å². The summed E-state index contributed by atoms with van der Waals surface area (Å²) in [6.45, 7) is 5.42. The van der Waals surface area contributed by atoms with Crippen molar-refractivity contribution in [3.63, 3.8) is 0 Å². The molecule has 0 saturated heterocycles. The fourth-order valence-corrected chi connectivity index (χ4v) is 2.28. The Morgan fingerprint density at radius 1 is 0.920 bits per heavy atom. The lowest BCUT2D eigenvalue weighted by atomic mass is 10.2. The lowest BCUT2D eigenvalue weighted by Gasteiger charge is -2.10. The fourth-order valence-electron chi connectivity index (χ4n) is 2.28. The number of carbonyl (C=O) groups excluding carboxylic acids is 1. The molecule has 0 aliphatic carbocycles. The van der Waals surface area contributed by atoms with E-state index < -0.39 is 0 Å². The van der Waals surface area contributed by atoms with Crippen molar-refractivity contribution in [3.05, 3.63) is 59.7 Å². The van der Waals surface area contributed by atoms with Gasteiger partial charge in [-0.05, 0) is 49.2 Å². The number of hydrogen-bond acceptors (Lipinski definition) is 4. The summed E-state index contributed by atoms with van der Waals surface area (Å²) in [5.41, 5.74) is 2.15. The summed E-state index contributed by atoms with van der Waals surface area (Å²) in [7, 11) is 1.63. The number of nitrogens with one attached hydrogen (secondary N) is 2. The van der Waals surface area contributed by atoms with Gasteiger partial charge in [-0.25, -0.2) is 0 Å². The second-order valence-corrected chi connectivity index (χ2v) is 6.04. The molecule has 5 heteroatoms. The van der Waals surface area contributed by atoms with Crippen LogP contribution < -0.4 is 20.1 Å². The van der Waals surface area contributed by atoms with E-state index in [1.807, 2.05) is 62.4 Å². The molecule has 0 aliphatic rings. The van der Waals surface area contributed by atoms with Gasteiger partial charge in [-0.2, -0.15) is 0 Å². The van der Waals surface area contributed by atoms with E-state index >= 15 is 0 Å². The van der Waals surface area contributed by atoms with Crippen LogP contribution in [0.3, 0.4) is 0 Å². The standard InChI is InChI=1S/C20H26N2O3/c1-15(2)25-19-10-6-16(7-11-19)12-21-14-20(23)22-13-17-4-8-18(24-3)9-5-17/h4-11,15,21H,12-14H2,1-3H3,(H,22,23). The van der Waals surface area contributed by atoms with Crippen molar-refractivity contribution < 1.29 is 14.3 Å². The largest absolute Gasteiger partial charge is 0.497 e. The molecule has 0 atom stereocenters. The number of ether oxygens (including phenoxy) is 2. The van der Waals surface area contributed by atoms with Gasteiger partial charge in [-0.15, -0.1) is 0 Å².